The standard InChI is InChI=1S/C20H16N6/c1-2-7-17-14(4-1)8-9-18-19(17)22-12-23-20(18)25-15-5-3-6-16(10-15)26-13-21-11-24-26/h1-7,10-13H,8-9H2,(H,22,23,25). The van der Waals surface area contributed by atoms with Gasteiger partial charge in [0, 0.05) is 16.8 Å². The Kier molecular flexibility index (Phi) is 3.45. The topological polar surface area (TPSA) is 68.5 Å². The van der Waals surface area contributed by atoms with Crippen LogP contribution in [0.1, 0.15) is 11.1 Å². The number of aromatic nitrogens is 5. The van der Waals surface area contributed by atoms with E-state index in [9.17, 15) is 0 Å². The lowest BCUT2D eigenvalue weighted by atomic mass is 9.89. The lowest BCUT2D eigenvalue weighted by Crippen LogP contribution is -2.10. The van der Waals surface area contributed by atoms with Gasteiger partial charge in [0.05, 0.1) is 11.4 Å². The predicted octanol–water partition coefficient (Wildman–Crippen LogP) is 3.57. The van der Waals surface area contributed by atoms with Crippen molar-refractivity contribution in [2.45, 2.75) is 12.8 Å². The smallest absolute Gasteiger partial charge is 0.138 e. The van der Waals surface area contributed by atoms with E-state index in [0.29, 0.717) is 0 Å². The van der Waals surface area contributed by atoms with Crippen LogP contribution in [0.25, 0.3) is 16.9 Å². The summed E-state index contributed by atoms with van der Waals surface area (Å²) < 4.78 is 1.73. The Balaban J connectivity index is 1.53. The molecule has 0 spiro atoms. The van der Waals surface area contributed by atoms with Crippen LogP contribution in [0.3, 0.4) is 0 Å². The first-order valence-electron chi connectivity index (χ1n) is 8.53. The number of hydrogen-bond donors (Lipinski definition) is 1. The number of aryl methyl sites for hydroxylation is 1. The monoisotopic (exact) mass is 340 g/mol. The molecule has 6 nitrogen and oxygen atoms in total. The van der Waals surface area contributed by atoms with Crippen molar-refractivity contribution >= 4 is 11.5 Å². The molecule has 2 aromatic heterocycles. The highest BCUT2D eigenvalue weighted by Gasteiger charge is 2.20. The Morgan fingerprint density at radius 1 is 0.923 bits per heavy atom. The van der Waals surface area contributed by atoms with Gasteiger partial charge in [-0.15, -0.1) is 0 Å². The molecule has 0 unspecified atom stereocenters. The first-order chi connectivity index (χ1) is 12.9. The molecule has 0 saturated carbocycles. The summed E-state index contributed by atoms with van der Waals surface area (Å²) >= 11 is 0. The van der Waals surface area contributed by atoms with Crippen LogP contribution in [-0.4, -0.2) is 24.7 Å². The largest absolute Gasteiger partial charge is 0.340 e. The van der Waals surface area contributed by atoms with Gasteiger partial charge in [-0.2, -0.15) is 5.10 Å². The molecule has 0 fully saturated rings. The first kappa shape index (κ1) is 14.8. The van der Waals surface area contributed by atoms with Crippen molar-refractivity contribution in [2.24, 2.45) is 0 Å². The summed E-state index contributed by atoms with van der Waals surface area (Å²) in [5.41, 5.74) is 6.64. The van der Waals surface area contributed by atoms with Gasteiger partial charge in [0.2, 0.25) is 0 Å². The summed E-state index contributed by atoms with van der Waals surface area (Å²) in [7, 11) is 0. The molecule has 6 heteroatoms. The van der Waals surface area contributed by atoms with Crippen LogP contribution in [0.15, 0.2) is 67.5 Å². The summed E-state index contributed by atoms with van der Waals surface area (Å²) in [5, 5.41) is 7.63. The highest BCUT2D eigenvalue weighted by atomic mass is 15.3. The molecule has 2 heterocycles. The minimum Gasteiger partial charge on any atom is -0.340 e. The molecule has 5 rings (SSSR count). The second kappa shape index (κ2) is 6.07. The fourth-order valence-corrected chi connectivity index (χ4v) is 3.42. The van der Waals surface area contributed by atoms with Crippen LogP contribution in [0, 0.1) is 0 Å². The Hall–Kier alpha value is -3.54. The number of benzene rings is 2. The highest BCUT2D eigenvalue weighted by molar-refractivity contribution is 5.75. The lowest BCUT2D eigenvalue weighted by molar-refractivity contribution is 0.879. The Labute approximate surface area is 150 Å². The number of rotatable bonds is 3. The average Bonchev–Trinajstić information content (AvgIpc) is 3.23. The average molecular weight is 340 g/mol. The van der Waals surface area contributed by atoms with Crippen molar-refractivity contribution in [3.05, 3.63) is 78.6 Å². The van der Waals surface area contributed by atoms with Gasteiger partial charge in [-0.05, 0) is 36.6 Å². The molecule has 0 bridgehead atoms. The molecule has 0 aliphatic heterocycles. The molecule has 126 valence electrons. The van der Waals surface area contributed by atoms with Gasteiger partial charge in [-0.1, -0.05) is 30.3 Å². The van der Waals surface area contributed by atoms with E-state index >= 15 is 0 Å². The van der Waals surface area contributed by atoms with E-state index in [-0.39, 0.29) is 0 Å². The Morgan fingerprint density at radius 3 is 2.81 bits per heavy atom. The minimum atomic E-state index is 0.861. The fourth-order valence-electron chi connectivity index (χ4n) is 3.42. The summed E-state index contributed by atoms with van der Waals surface area (Å²) in [5.74, 6) is 0.861. The second-order valence-electron chi connectivity index (χ2n) is 6.22. The second-order valence-corrected chi connectivity index (χ2v) is 6.22. The van der Waals surface area contributed by atoms with Crippen LogP contribution in [0.5, 0.6) is 0 Å². The third-order valence-electron chi connectivity index (χ3n) is 4.65. The molecule has 1 aliphatic rings. The molecule has 0 radical (unpaired) electrons. The predicted molar refractivity (Wildman–Crippen MR) is 99.5 cm³/mol. The number of nitrogens with zero attached hydrogens (tertiary/aromatic N) is 5. The van der Waals surface area contributed by atoms with Crippen LogP contribution in [0.4, 0.5) is 11.5 Å². The molecule has 4 aromatic rings. The van der Waals surface area contributed by atoms with Crippen molar-refractivity contribution < 1.29 is 0 Å². The van der Waals surface area contributed by atoms with Gasteiger partial charge in [0.1, 0.15) is 24.8 Å². The summed E-state index contributed by atoms with van der Waals surface area (Å²) in [6.45, 7) is 0. The summed E-state index contributed by atoms with van der Waals surface area (Å²) in [6.07, 6.45) is 6.77. The number of hydrogen-bond acceptors (Lipinski definition) is 5. The van der Waals surface area contributed by atoms with Crippen LogP contribution >= 0.6 is 0 Å². The van der Waals surface area contributed by atoms with Crippen molar-refractivity contribution in [1.29, 1.82) is 0 Å². The zero-order valence-electron chi connectivity index (χ0n) is 14.0. The minimum absolute atomic E-state index is 0.861. The normalized spacial score (nSPS) is 12.3. The first-order valence-corrected chi connectivity index (χ1v) is 8.53. The molecular formula is C20H16N6. The van der Waals surface area contributed by atoms with Gasteiger partial charge < -0.3 is 5.32 Å². The summed E-state index contributed by atoms with van der Waals surface area (Å²) in [4.78, 5) is 13.0. The highest BCUT2D eigenvalue weighted by Crippen LogP contribution is 2.35. The van der Waals surface area contributed by atoms with Gasteiger partial charge in [-0.25, -0.2) is 19.6 Å². The van der Waals surface area contributed by atoms with E-state index in [0.717, 1.165) is 41.3 Å². The number of anilines is 2. The van der Waals surface area contributed by atoms with Gasteiger partial charge in [0.25, 0.3) is 0 Å². The van der Waals surface area contributed by atoms with Crippen molar-refractivity contribution in [1.82, 2.24) is 24.7 Å². The van der Waals surface area contributed by atoms with E-state index in [1.165, 1.54) is 17.5 Å². The third-order valence-corrected chi connectivity index (χ3v) is 4.65. The van der Waals surface area contributed by atoms with Gasteiger partial charge in [-0.3, -0.25) is 0 Å². The Morgan fingerprint density at radius 2 is 1.88 bits per heavy atom. The number of nitrogens with one attached hydrogen (secondary N) is 1. The molecule has 0 amide bonds. The fraction of sp³-hybridized carbons (Fsp3) is 0.100. The van der Waals surface area contributed by atoms with Crippen molar-refractivity contribution in [2.75, 3.05) is 5.32 Å². The van der Waals surface area contributed by atoms with Crippen LogP contribution < -0.4 is 5.32 Å². The van der Waals surface area contributed by atoms with E-state index in [2.05, 4.69) is 49.6 Å². The summed E-state index contributed by atoms with van der Waals surface area (Å²) in [6, 6.07) is 16.5. The maximum Gasteiger partial charge on any atom is 0.138 e. The van der Waals surface area contributed by atoms with E-state index in [4.69, 9.17) is 0 Å². The molecule has 0 atom stereocenters. The van der Waals surface area contributed by atoms with Gasteiger partial charge >= 0.3 is 0 Å². The zero-order chi connectivity index (χ0) is 17.3. The van der Waals surface area contributed by atoms with Crippen LogP contribution in [-0.2, 0) is 12.8 Å². The van der Waals surface area contributed by atoms with Crippen LogP contribution in [0.2, 0.25) is 0 Å². The van der Waals surface area contributed by atoms with Crippen molar-refractivity contribution in [3.8, 4) is 16.9 Å². The SMILES string of the molecule is c1cc(Nc2ncnc3c2CCc2ccccc2-3)cc(-n2cncn2)c1. The molecule has 0 saturated heterocycles. The zero-order valence-corrected chi connectivity index (χ0v) is 14.0. The maximum atomic E-state index is 4.55. The van der Waals surface area contributed by atoms with Crippen molar-refractivity contribution in [3.63, 3.8) is 0 Å². The molecule has 1 aliphatic carbocycles. The quantitative estimate of drug-likeness (QED) is 0.617. The Bertz CT molecular complexity index is 1070. The molecule has 2 aromatic carbocycles. The van der Waals surface area contributed by atoms with E-state index in [1.54, 1.807) is 17.3 Å². The molecular weight excluding hydrogens is 324 g/mol. The van der Waals surface area contributed by atoms with E-state index in [1.807, 2.05) is 24.3 Å². The number of fused-ring (bicyclic) bond motifs is 3. The maximum absolute atomic E-state index is 4.55. The lowest BCUT2D eigenvalue weighted by Gasteiger charge is -2.21. The molecule has 1 N–H and O–H groups in total. The van der Waals surface area contributed by atoms with E-state index < -0.39 is 0 Å². The van der Waals surface area contributed by atoms with Gasteiger partial charge in [0.15, 0.2) is 0 Å². The molecule has 26 heavy (non-hydrogen) atoms. The third kappa shape index (κ3) is 2.52.